The van der Waals surface area contributed by atoms with Crippen molar-refractivity contribution >= 4 is 43.5 Å². The van der Waals surface area contributed by atoms with Crippen molar-refractivity contribution in [1.29, 1.82) is 0 Å². The highest BCUT2D eigenvalue weighted by molar-refractivity contribution is 6.22. The van der Waals surface area contributed by atoms with E-state index in [0.717, 1.165) is 62.9 Å². The number of aryl methyl sites for hydroxylation is 4. The van der Waals surface area contributed by atoms with Gasteiger partial charge in [-0.05, 0) is 78.4 Å². The van der Waals surface area contributed by atoms with Crippen LogP contribution >= 0.6 is 0 Å². The van der Waals surface area contributed by atoms with Gasteiger partial charge in [-0.15, -0.1) is 0 Å². The van der Waals surface area contributed by atoms with Gasteiger partial charge in [-0.3, -0.25) is 4.98 Å². The van der Waals surface area contributed by atoms with Gasteiger partial charge in [0.1, 0.15) is 11.6 Å². The zero-order valence-corrected chi connectivity index (χ0v) is 20.1. The number of nitrogens with one attached hydrogen (secondary N) is 2. The Hall–Kier alpha value is -4.51. The molecule has 0 fully saturated rings. The van der Waals surface area contributed by atoms with E-state index < -0.39 is 0 Å². The molecule has 1 aliphatic rings. The highest BCUT2D eigenvalue weighted by Crippen LogP contribution is 2.39. The molecule has 0 unspecified atom stereocenters. The highest BCUT2D eigenvalue weighted by atomic mass is 14.9. The van der Waals surface area contributed by atoms with Crippen molar-refractivity contribution < 1.29 is 0 Å². The van der Waals surface area contributed by atoms with Crippen LogP contribution in [-0.4, -0.2) is 24.9 Å². The molecule has 5 heteroatoms. The molecule has 3 heterocycles. The monoisotopic (exact) mass is 465 g/mol. The Labute approximate surface area is 207 Å². The molecule has 5 nitrogen and oxygen atoms in total. The Morgan fingerprint density at radius 2 is 1.53 bits per heavy atom. The van der Waals surface area contributed by atoms with Crippen molar-refractivity contribution in [2.24, 2.45) is 0 Å². The summed E-state index contributed by atoms with van der Waals surface area (Å²) in [4.78, 5) is 21.2. The molecule has 0 aliphatic heterocycles. The lowest BCUT2D eigenvalue weighted by Gasteiger charge is -2.18. The molecule has 4 aromatic carbocycles. The zero-order valence-electron chi connectivity index (χ0n) is 20.1. The van der Waals surface area contributed by atoms with Gasteiger partial charge in [0.05, 0.1) is 22.2 Å². The van der Waals surface area contributed by atoms with Crippen molar-refractivity contribution in [2.45, 2.75) is 26.7 Å². The molecular weight excluding hydrogens is 442 g/mol. The molecule has 0 radical (unpaired) electrons. The minimum absolute atomic E-state index is 0.918. The SMILES string of the molecule is Cc1nc2c([nH]1)CCc1c-2ccc2cc(-c3ccc4c(c3)c3ncccc3c3nc(C)[nH]c43)ccc12. The number of aromatic nitrogens is 5. The third kappa shape index (κ3) is 2.68. The van der Waals surface area contributed by atoms with Crippen LogP contribution in [0, 0.1) is 13.8 Å². The summed E-state index contributed by atoms with van der Waals surface area (Å²) in [6, 6.07) is 22.1. The number of rotatable bonds is 1. The highest BCUT2D eigenvalue weighted by Gasteiger charge is 2.21. The lowest BCUT2D eigenvalue weighted by Crippen LogP contribution is -2.04. The number of fused-ring (bicyclic) bond motifs is 11. The van der Waals surface area contributed by atoms with Crippen molar-refractivity contribution in [3.05, 3.63) is 89.8 Å². The molecule has 7 aromatic rings. The maximum Gasteiger partial charge on any atom is 0.104 e. The van der Waals surface area contributed by atoms with Crippen molar-refractivity contribution in [2.75, 3.05) is 0 Å². The van der Waals surface area contributed by atoms with Crippen LogP contribution in [0.2, 0.25) is 0 Å². The molecular formula is C31H23N5. The first-order chi connectivity index (χ1) is 17.6. The van der Waals surface area contributed by atoms with Crippen LogP contribution in [0.3, 0.4) is 0 Å². The first kappa shape index (κ1) is 19.8. The van der Waals surface area contributed by atoms with Crippen LogP contribution in [0.25, 0.3) is 65.9 Å². The van der Waals surface area contributed by atoms with Gasteiger partial charge in [0.15, 0.2) is 0 Å². The summed E-state index contributed by atoms with van der Waals surface area (Å²) in [5.41, 5.74) is 10.5. The summed E-state index contributed by atoms with van der Waals surface area (Å²) in [6.07, 6.45) is 3.91. The number of imidazole rings is 2. The second-order valence-electron chi connectivity index (χ2n) is 9.88. The van der Waals surface area contributed by atoms with Gasteiger partial charge in [0, 0.05) is 33.6 Å². The topological polar surface area (TPSA) is 70.2 Å². The van der Waals surface area contributed by atoms with E-state index in [1.54, 1.807) is 0 Å². The Bertz CT molecular complexity index is 2020. The number of H-pyrrole nitrogens is 2. The standard InChI is InChI=1S/C31H23N5/c1-16-33-27-12-11-22-21-8-5-18(14-20(21)7-10-23(22)29(27)34-16)19-6-9-24-26(15-19)28-25(4-3-13-32-28)31-30(24)35-17(2)36-31/h3-10,13-15H,11-12H2,1-2H3,(H,33,34)(H,35,36). The Balaban J connectivity index is 1.32. The predicted octanol–water partition coefficient (Wildman–Crippen LogP) is 7.19. The average Bonchev–Trinajstić information content (AvgIpc) is 3.49. The maximum atomic E-state index is 4.77. The van der Waals surface area contributed by atoms with Gasteiger partial charge >= 0.3 is 0 Å². The number of aromatic amines is 2. The molecule has 1 aliphatic carbocycles. The second-order valence-corrected chi connectivity index (χ2v) is 9.88. The van der Waals surface area contributed by atoms with Crippen molar-refractivity contribution in [3.8, 4) is 22.4 Å². The normalized spacial score (nSPS) is 13.1. The van der Waals surface area contributed by atoms with Crippen molar-refractivity contribution in [1.82, 2.24) is 24.9 Å². The Morgan fingerprint density at radius 3 is 2.44 bits per heavy atom. The van der Waals surface area contributed by atoms with Crippen molar-refractivity contribution in [3.63, 3.8) is 0 Å². The fourth-order valence-corrected chi connectivity index (χ4v) is 6.09. The minimum Gasteiger partial charge on any atom is -0.346 e. The fourth-order valence-electron chi connectivity index (χ4n) is 6.09. The number of pyridine rings is 1. The van der Waals surface area contributed by atoms with E-state index in [1.807, 2.05) is 26.1 Å². The Morgan fingerprint density at radius 1 is 0.694 bits per heavy atom. The number of hydrogen-bond acceptors (Lipinski definition) is 3. The van der Waals surface area contributed by atoms with Crippen LogP contribution in [-0.2, 0) is 12.8 Å². The smallest absolute Gasteiger partial charge is 0.104 e. The summed E-state index contributed by atoms with van der Waals surface area (Å²) in [5.74, 6) is 1.91. The maximum absolute atomic E-state index is 4.77. The molecule has 0 amide bonds. The van der Waals surface area contributed by atoms with E-state index in [2.05, 4.69) is 64.6 Å². The van der Waals surface area contributed by atoms with E-state index in [0.29, 0.717) is 0 Å². The van der Waals surface area contributed by atoms with Crippen LogP contribution in [0.15, 0.2) is 66.9 Å². The van der Waals surface area contributed by atoms with Crippen LogP contribution in [0.5, 0.6) is 0 Å². The molecule has 2 N–H and O–H groups in total. The quantitative estimate of drug-likeness (QED) is 0.252. The zero-order chi connectivity index (χ0) is 24.0. The molecule has 0 spiro atoms. The van der Waals surface area contributed by atoms with Gasteiger partial charge in [-0.25, -0.2) is 9.97 Å². The lowest BCUT2D eigenvalue weighted by atomic mass is 9.87. The lowest BCUT2D eigenvalue weighted by molar-refractivity contribution is 0.912. The van der Waals surface area contributed by atoms with E-state index >= 15 is 0 Å². The van der Waals surface area contributed by atoms with Crippen LogP contribution in [0.1, 0.15) is 22.9 Å². The second kappa shape index (κ2) is 7.01. The number of nitrogens with zero attached hydrogens (tertiary/aromatic N) is 3. The molecule has 172 valence electrons. The summed E-state index contributed by atoms with van der Waals surface area (Å²) in [6.45, 7) is 4.04. The fraction of sp³-hybridized carbons (Fsp3) is 0.129. The van der Waals surface area contributed by atoms with Gasteiger partial charge in [-0.2, -0.15) is 0 Å². The molecule has 0 saturated carbocycles. The van der Waals surface area contributed by atoms with E-state index in [4.69, 9.17) is 15.0 Å². The summed E-state index contributed by atoms with van der Waals surface area (Å²) in [5, 5.41) is 5.97. The first-order valence-electron chi connectivity index (χ1n) is 12.4. The molecule has 0 atom stereocenters. The first-order valence-corrected chi connectivity index (χ1v) is 12.4. The average molecular weight is 466 g/mol. The molecule has 0 bridgehead atoms. The minimum atomic E-state index is 0.918. The van der Waals surface area contributed by atoms with E-state index in [-0.39, 0.29) is 0 Å². The number of hydrogen-bond donors (Lipinski definition) is 2. The van der Waals surface area contributed by atoms with Gasteiger partial charge in [0.2, 0.25) is 0 Å². The van der Waals surface area contributed by atoms with Gasteiger partial charge in [-0.1, -0.05) is 36.4 Å². The summed E-state index contributed by atoms with van der Waals surface area (Å²) in [7, 11) is 0. The largest absolute Gasteiger partial charge is 0.346 e. The molecule has 3 aromatic heterocycles. The molecule has 36 heavy (non-hydrogen) atoms. The number of benzene rings is 4. The molecule has 0 saturated heterocycles. The molecule has 8 rings (SSSR count). The third-order valence-corrected chi connectivity index (χ3v) is 7.67. The Kier molecular flexibility index (Phi) is 3.85. The summed E-state index contributed by atoms with van der Waals surface area (Å²) >= 11 is 0. The third-order valence-electron chi connectivity index (χ3n) is 7.67. The van der Waals surface area contributed by atoms with E-state index in [9.17, 15) is 0 Å². The van der Waals surface area contributed by atoms with Gasteiger partial charge in [0.25, 0.3) is 0 Å². The predicted molar refractivity (Wildman–Crippen MR) is 146 cm³/mol. The van der Waals surface area contributed by atoms with E-state index in [1.165, 1.54) is 38.7 Å². The van der Waals surface area contributed by atoms with Crippen LogP contribution in [0.4, 0.5) is 0 Å². The van der Waals surface area contributed by atoms with Crippen LogP contribution < -0.4 is 0 Å². The summed E-state index contributed by atoms with van der Waals surface area (Å²) < 4.78 is 0. The van der Waals surface area contributed by atoms with Gasteiger partial charge < -0.3 is 9.97 Å².